The summed E-state index contributed by atoms with van der Waals surface area (Å²) in [6, 6.07) is 5.02. The minimum Gasteiger partial charge on any atom is -0.478 e. The summed E-state index contributed by atoms with van der Waals surface area (Å²) in [5.41, 5.74) is 3.08. The topological polar surface area (TPSA) is 90.9 Å². The molecule has 1 aliphatic rings. The molecule has 1 aromatic carbocycles. The third-order valence-corrected chi connectivity index (χ3v) is 4.24. The van der Waals surface area contributed by atoms with Crippen molar-refractivity contribution in [1.29, 1.82) is 0 Å². The number of hydrogen-bond donors (Lipinski definition) is 3. The van der Waals surface area contributed by atoms with E-state index < -0.39 is 5.97 Å². The average Bonchev–Trinajstić information content (AvgIpc) is 3.24. The second-order valence-electron chi connectivity index (χ2n) is 5.85. The van der Waals surface area contributed by atoms with Crippen LogP contribution in [0.25, 0.3) is 22.6 Å². The zero-order valence-electron chi connectivity index (χ0n) is 12.5. The zero-order valence-corrected chi connectivity index (χ0v) is 12.5. The van der Waals surface area contributed by atoms with Gasteiger partial charge in [-0.1, -0.05) is 6.07 Å². The van der Waals surface area contributed by atoms with E-state index in [1.54, 1.807) is 18.2 Å². The SMILES string of the molecule is Cn1cc(C=c2c(=O)[nH][nH]c2=C2CC2)c2ccc(C(=O)O)cc21. The van der Waals surface area contributed by atoms with Crippen LogP contribution in [0.3, 0.4) is 0 Å². The van der Waals surface area contributed by atoms with E-state index in [0.29, 0.717) is 5.22 Å². The van der Waals surface area contributed by atoms with Crippen LogP contribution in [0, 0.1) is 0 Å². The monoisotopic (exact) mass is 309 g/mol. The number of carboxylic acids is 1. The van der Waals surface area contributed by atoms with Gasteiger partial charge in [-0.3, -0.25) is 15.0 Å². The second kappa shape index (κ2) is 4.74. The van der Waals surface area contributed by atoms with Gasteiger partial charge in [-0.2, -0.15) is 0 Å². The van der Waals surface area contributed by atoms with E-state index in [2.05, 4.69) is 10.2 Å². The molecule has 2 heterocycles. The lowest BCUT2D eigenvalue weighted by atomic mass is 10.1. The van der Waals surface area contributed by atoms with Crippen LogP contribution >= 0.6 is 0 Å². The van der Waals surface area contributed by atoms with Gasteiger partial charge >= 0.3 is 5.97 Å². The number of nitrogens with zero attached hydrogens (tertiary/aromatic N) is 1. The highest BCUT2D eigenvalue weighted by Crippen LogP contribution is 2.26. The van der Waals surface area contributed by atoms with Gasteiger partial charge in [0, 0.05) is 29.7 Å². The molecule has 0 saturated heterocycles. The number of fused-ring (bicyclic) bond motifs is 1. The fourth-order valence-electron chi connectivity index (χ4n) is 2.92. The summed E-state index contributed by atoms with van der Waals surface area (Å²) in [4.78, 5) is 23.2. The first-order chi connectivity index (χ1) is 11.0. The number of carboxylic acid groups (broad SMARTS) is 1. The molecule has 4 rings (SSSR count). The molecule has 0 radical (unpaired) electrons. The summed E-state index contributed by atoms with van der Waals surface area (Å²) in [6.45, 7) is 0. The van der Waals surface area contributed by atoms with Crippen molar-refractivity contribution in [1.82, 2.24) is 14.8 Å². The number of aryl methyl sites for hydroxylation is 1. The molecular formula is C17H15N3O3. The van der Waals surface area contributed by atoms with Crippen molar-refractivity contribution in [3.05, 3.63) is 56.4 Å². The largest absolute Gasteiger partial charge is 0.478 e. The molecule has 1 aliphatic carbocycles. The van der Waals surface area contributed by atoms with E-state index in [0.717, 1.165) is 34.7 Å². The van der Waals surface area contributed by atoms with Crippen molar-refractivity contribution in [2.24, 2.45) is 7.05 Å². The summed E-state index contributed by atoms with van der Waals surface area (Å²) in [7, 11) is 1.86. The Hall–Kier alpha value is -3.02. The predicted molar refractivity (Wildman–Crippen MR) is 86.8 cm³/mol. The Bertz CT molecular complexity index is 1120. The summed E-state index contributed by atoms with van der Waals surface area (Å²) in [5.74, 6) is -0.951. The van der Waals surface area contributed by atoms with Gasteiger partial charge in [0.25, 0.3) is 5.56 Å². The number of aromatic nitrogens is 3. The Kier molecular flexibility index (Phi) is 2.81. The quantitative estimate of drug-likeness (QED) is 0.650. The number of rotatable bonds is 2. The standard InChI is InChI=1S/C17H15N3O3/c1-20-8-11(12-5-4-10(17(22)23)7-14(12)20)6-13-15(9-2-3-9)18-19-16(13)21/h4-8,18H,2-3H2,1H3,(H,19,21)(H,22,23). The first-order valence-corrected chi connectivity index (χ1v) is 7.37. The van der Waals surface area contributed by atoms with Gasteiger partial charge in [0.15, 0.2) is 0 Å². The molecule has 0 atom stereocenters. The van der Waals surface area contributed by atoms with E-state index in [-0.39, 0.29) is 11.1 Å². The fourth-order valence-corrected chi connectivity index (χ4v) is 2.92. The molecule has 0 amide bonds. The molecule has 0 aliphatic heterocycles. The molecule has 1 saturated carbocycles. The predicted octanol–water partition coefficient (Wildman–Crippen LogP) is 0.666. The summed E-state index contributed by atoms with van der Waals surface area (Å²) < 4.78 is 1.87. The highest BCUT2D eigenvalue weighted by Gasteiger charge is 2.15. The van der Waals surface area contributed by atoms with Crippen molar-refractivity contribution in [2.45, 2.75) is 12.8 Å². The van der Waals surface area contributed by atoms with E-state index in [1.165, 1.54) is 5.57 Å². The summed E-state index contributed by atoms with van der Waals surface area (Å²) >= 11 is 0. The maximum absolute atomic E-state index is 12.0. The molecular weight excluding hydrogens is 294 g/mol. The van der Waals surface area contributed by atoms with Crippen molar-refractivity contribution in [3.63, 3.8) is 0 Å². The van der Waals surface area contributed by atoms with E-state index in [1.807, 2.05) is 23.9 Å². The van der Waals surface area contributed by atoms with Crippen molar-refractivity contribution >= 4 is 28.5 Å². The van der Waals surface area contributed by atoms with Crippen LogP contribution in [0.15, 0.2) is 29.2 Å². The normalized spacial score (nSPS) is 14.7. The fraction of sp³-hybridized carbons (Fsp3) is 0.176. The zero-order chi connectivity index (χ0) is 16.1. The van der Waals surface area contributed by atoms with Gasteiger partial charge < -0.3 is 9.67 Å². The van der Waals surface area contributed by atoms with Crippen LogP contribution in [0.1, 0.15) is 28.8 Å². The molecule has 23 heavy (non-hydrogen) atoms. The lowest BCUT2D eigenvalue weighted by Crippen LogP contribution is -2.33. The molecule has 2 aromatic heterocycles. The molecule has 1 fully saturated rings. The maximum Gasteiger partial charge on any atom is 0.335 e. The van der Waals surface area contributed by atoms with Gasteiger partial charge in [-0.05, 0) is 36.6 Å². The smallest absolute Gasteiger partial charge is 0.335 e. The molecule has 116 valence electrons. The van der Waals surface area contributed by atoms with Crippen LogP contribution in [-0.4, -0.2) is 25.8 Å². The number of carbonyl (C=O) groups is 1. The van der Waals surface area contributed by atoms with Crippen molar-refractivity contribution in [3.8, 4) is 0 Å². The molecule has 6 nitrogen and oxygen atoms in total. The van der Waals surface area contributed by atoms with E-state index in [4.69, 9.17) is 5.11 Å². The Labute approximate surface area is 130 Å². The van der Waals surface area contributed by atoms with Crippen molar-refractivity contribution < 1.29 is 9.90 Å². The lowest BCUT2D eigenvalue weighted by molar-refractivity contribution is 0.0697. The molecule has 0 bridgehead atoms. The van der Waals surface area contributed by atoms with E-state index in [9.17, 15) is 9.59 Å². The molecule has 3 aromatic rings. The highest BCUT2D eigenvalue weighted by molar-refractivity contribution is 5.96. The van der Waals surface area contributed by atoms with Gasteiger partial charge in [-0.25, -0.2) is 4.79 Å². The van der Waals surface area contributed by atoms with Gasteiger partial charge in [0.1, 0.15) is 0 Å². The Morgan fingerprint density at radius 1 is 1.30 bits per heavy atom. The number of nitrogens with one attached hydrogen (secondary N) is 2. The average molecular weight is 309 g/mol. The van der Waals surface area contributed by atoms with Crippen LogP contribution < -0.4 is 16.1 Å². The molecule has 3 N–H and O–H groups in total. The summed E-state index contributed by atoms with van der Waals surface area (Å²) in [6.07, 6.45) is 5.81. The van der Waals surface area contributed by atoms with Crippen LogP contribution in [0.5, 0.6) is 0 Å². The number of aromatic carboxylic acids is 1. The number of hydrogen-bond acceptors (Lipinski definition) is 2. The lowest BCUT2D eigenvalue weighted by Gasteiger charge is -1.98. The Morgan fingerprint density at radius 3 is 2.78 bits per heavy atom. The molecule has 0 unspecified atom stereocenters. The van der Waals surface area contributed by atoms with Crippen LogP contribution in [0.4, 0.5) is 0 Å². The maximum atomic E-state index is 12.0. The number of H-pyrrole nitrogens is 2. The second-order valence-corrected chi connectivity index (χ2v) is 5.85. The minimum atomic E-state index is -0.951. The molecule has 0 spiro atoms. The number of aromatic amines is 2. The van der Waals surface area contributed by atoms with Crippen LogP contribution in [0.2, 0.25) is 0 Å². The molecule has 6 heteroatoms. The first-order valence-electron chi connectivity index (χ1n) is 7.37. The van der Waals surface area contributed by atoms with Crippen molar-refractivity contribution in [2.75, 3.05) is 0 Å². The van der Waals surface area contributed by atoms with E-state index >= 15 is 0 Å². The van der Waals surface area contributed by atoms with Gasteiger partial charge in [0.2, 0.25) is 0 Å². The first kappa shape index (κ1) is 13.6. The number of benzene rings is 1. The third-order valence-electron chi connectivity index (χ3n) is 4.24. The minimum absolute atomic E-state index is 0.140. The van der Waals surface area contributed by atoms with Gasteiger partial charge in [0.05, 0.1) is 16.1 Å². The Morgan fingerprint density at radius 2 is 2.09 bits per heavy atom. The summed E-state index contributed by atoms with van der Waals surface area (Å²) in [5, 5.41) is 17.1. The van der Waals surface area contributed by atoms with Crippen LogP contribution in [-0.2, 0) is 7.05 Å². The third kappa shape index (κ3) is 2.19. The Balaban J connectivity index is 2.00. The highest BCUT2D eigenvalue weighted by atomic mass is 16.4. The van der Waals surface area contributed by atoms with Gasteiger partial charge in [-0.15, -0.1) is 0 Å².